The Morgan fingerprint density at radius 3 is 2.66 bits per heavy atom. The van der Waals surface area contributed by atoms with E-state index in [9.17, 15) is 9.59 Å². The molecular formula is C20H20N4O3S2. The molecule has 0 spiro atoms. The predicted molar refractivity (Wildman–Crippen MR) is 116 cm³/mol. The number of aliphatic carboxylic acids is 1. The smallest absolute Gasteiger partial charge is 0.322 e. The zero-order valence-corrected chi connectivity index (χ0v) is 17.5. The highest BCUT2D eigenvalue weighted by molar-refractivity contribution is 7.98. The number of fused-ring (bicyclic) bond motifs is 3. The average molecular weight is 429 g/mol. The highest BCUT2D eigenvalue weighted by atomic mass is 32.2. The molecule has 0 saturated carbocycles. The zero-order valence-electron chi connectivity index (χ0n) is 15.8. The fourth-order valence-corrected chi connectivity index (χ4v) is 5.10. The van der Waals surface area contributed by atoms with E-state index < -0.39 is 18.4 Å². The second-order valence-electron chi connectivity index (χ2n) is 6.73. The highest BCUT2D eigenvalue weighted by Crippen LogP contribution is 2.40. The Morgan fingerprint density at radius 2 is 1.93 bits per heavy atom. The third-order valence-electron chi connectivity index (χ3n) is 4.79. The quantitative estimate of drug-likeness (QED) is 0.405. The Labute approximate surface area is 176 Å². The van der Waals surface area contributed by atoms with E-state index in [2.05, 4.69) is 10.6 Å². The van der Waals surface area contributed by atoms with Crippen molar-refractivity contribution in [3.05, 3.63) is 40.3 Å². The van der Waals surface area contributed by atoms with Crippen molar-refractivity contribution in [3.63, 3.8) is 0 Å². The lowest BCUT2D eigenvalue weighted by molar-refractivity contribution is -0.135. The highest BCUT2D eigenvalue weighted by Gasteiger charge is 2.21. The van der Waals surface area contributed by atoms with Crippen LogP contribution in [0.25, 0.3) is 10.2 Å². The summed E-state index contributed by atoms with van der Waals surface area (Å²) in [6.07, 6.45) is 6.52. The van der Waals surface area contributed by atoms with Crippen molar-refractivity contribution >= 4 is 56.7 Å². The number of rotatable bonds is 6. The van der Waals surface area contributed by atoms with Crippen LogP contribution in [0.4, 0.5) is 11.5 Å². The van der Waals surface area contributed by atoms with Gasteiger partial charge in [0.05, 0.1) is 5.39 Å². The standard InChI is InChI=1S/C20H20N4O3S2/c1-28-20-23-17(16-13-4-2-3-5-14(13)29-19(16)24-20)22-12-8-6-11(7-9-12)18(27)21-10-15(25)26/h6-9H,2-5,10H2,1H3,(H,21,27)(H,25,26)(H,22,23,24). The molecule has 1 aliphatic carbocycles. The van der Waals surface area contributed by atoms with Gasteiger partial charge in [-0.1, -0.05) is 11.8 Å². The first-order valence-electron chi connectivity index (χ1n) is 9.28. The van der Waals surface area contributed by atoms with Crippen LogP contribution in [0.5, 0.6) is 0 Å². The van der Waals surface area contributed by atoms with Crippen molar-refractivity contribution in [1.29, 1.82) is 0 Å². The summed E-state index contributed by atoms with van der Waals surface area (Å²) in [4.78, 5) is 34.4. The fraction of sp³-hybridized carbons (Fsp3) is 0.300. The first-order chi connectivity index (χ1) is 14.0. The Bertz CT molecular complexity index is 1080. The second-order valence-corrected chi connectivity index (χ2v) is 8.59. The molecule has 0 aliphatic heterocycles. The van der Waals surface area contributed by atoms with E-state index in [1.54, 1.807) is 35.6 Å². The van der Waals surface area contributed by atoms with Crippen LogP contribution in [0.15, 0.2) is 29.4 Å². The summed E-state index contributed by atoms with van der Waals surface area (Å²) in [6.45, 7) is -0.404. The van der Waals surface area contributed by atoms with Gasteiger partial charge in [0.2, 0.25) is 0 Å². The number of thioether (sulfide) groups is 1. The minimum Gasteiger partial charge on any atom is -0.480 e. The normalized spacial score (nSPS) is 13.1. The van der Waals surface area contributed by atoms with E-state index in [0.717, 1.165) is 39.7 Å². The SMILES string of the molecule is CSc1nc(Nc2ccc(C(=O)NCC(=O)O)cc2)c2c3c(sc2n1)CCCC3. The van der Waals surface area contributed by atoms with Gasteiger partial charge in [0.25, 0.3) is 5.91 Å². The van der Waals surface area contributed by atoms with E-state index >= 15 is 0 Å². The molecule has 1 aromatic carbocycles. The van der Waals surface area contributed by atoms with Crippen LogP contribution in [0.1, 0.15) is 33.6 Å². The van der Waals surface area contributed by atoms with Gasteiger partial charge in [-0.25, -0.2) is 9.97 Å². The molecule has 0 fully saturated rings. The Hall–Kier alpha value is -2.65. The number of carboxylic acids is 1. The van der Waals surface area contributed by atoms with Crippen LogP contribution in [-0.4, -0.2) is 39.8 Å². The molecule has 0 unspecified atom stereocenters. The Balaban J connectivity index is 1.62. The number of benzene rings is 1. The second kappa shape index (κ2) is 8.38. The van der Waals surface area contributed by atoms with Crippen LogP contribution < -0.4 is 10.6 Å². The van der Waals surface area contributed by atoms with E-state index in [4.69, 9.17) is 15.1 Å². The number of hydrogen-bond acceptors (Lipinski definition) is 7. The van der Waals surface area contributed by atoms with Gasteiger partial charge in [-0.15, -0.1) is 11.3 Å². The minimum atomic E-state index is -1.08. The minimum absolute atomic E-state index is 0.404. The van der Waals surface area contributed by atoms with Crippen molar-refractivity contribution in [2.45, 2.75) is 30.8 Å². The number of thiophene rings is 1. The molecule has 150 valence electrons. The topological polar surface area (TPSA) is 104 Å². The van der Waals surface area contributed by atoms with Crippen LogP contribution in [0.2, 0.25) is 0 Å². The summed E-state index contributed by atoms with van der Waals surface area (Å²) in [7, 11) is 0. The Morgan fingerprint density at radius 1 is 1.17 bits per heavy atom. The number of carboxylic acid groups (broad SMARTS) is 1. The molecule has 3 aromatic rings. The predicted octanol–water partition coefficient (Wildman–Crippen LogP) is 3.85. The first-order valence-corrected chi connectivity index (χ1v) is 11.3. The summed E-state index contributed by atoms with van der Waals surface area (Å²) >= 11 is 3.27. The summed E-state index contributed by atoms with van der Waals surface area (Å²) in [5, 5.41) is 16.3. The molecule has 29 heavy (non-hydrogen) atoms. The molecule has 2 aromatic heterocycles. The molecule has 1 amide bonds. The van der Waals surface area contributed by atoms with Gasteiger partial charge < -0.3 is 15.7 Å². The fourth-order valence-electron chi connectivity index (χ4n) is 3.42. The van der Waals surface area contributed by atoms with Crippen LogP contribution in [0, 0.1) is 0 Å². The summed E-state index contributed by atoms with van der Waals surface area (Å²) in [5.41, 5.74) is 2.57. The van der Waals surface area contributed by atoms with Gasteiger partial charge in [0.1, 0.15) is 17.2 Å². The molecule has 9 heteroatoms. The molecule has 1 aliphatic rings. The van der Waals surface area contributed by atoms with Gasteiger partial charge in [0, 0.05) is 16.1 Å². The van der Waals surface area contributed by atoms with E-state index in [1.165, 1.54) is 35.0 Å². The number of carbonyl (C=O) groups excluding carboxylic acids is 1. The largest absolute Gasteiger partial charge is 0.480 e. The number of aromatic nitrogens is 2. The van der Waals surface area contributed by atoms with E-state index in [-0.39, 0.29) is 0 Å². The van der Waals surface area contributed by atoms with Gasteiger partial charge >= 0.3 is 5.97 Å². The van der Waals surface area contributed by atoms with Gasteiger partial charge in [0.15, 0.2) is 5.16 Å². The van der Waals surface area contributed by atoms with Gasteiger partial charge in [-0.2, -0.15) is 0 Å². The van der Waals surface area contributed by atoms with Gasteiger partial charge in [-0.05, 0) is 61.8 Å². The molecule has 4 rings (SSSR count). The number of hydrogen-bond donors (Lipinski definition) is 3. The Kier molecular flexibility index (Phi) is 5.68. The lowest BCUT2D eigenvalue weighted by Gasteiger charge is -2.13. The van der Waals surface area contributed by atoms with Crippen LogP contribution in [-0.2, 0) is 17.6 Å². The number of carbonyl (C=O) groups is 2. The first kappa shape index (κ1) is 19.7. The third-order valence-corrected chi connectivity index (χ3v) is 6.52. The molecule has 3 N–H and O–H groups in total. The number of nitrogens with zero attached hydrogens (tertiary/aromatic N) is 2. The number of aryl methyl sites for hydroxylation is 2. The third kappa shape index (κ3) is 4.20. The summed E-state index contributed by atoms with van der Waals surface area (Å²) < 4.78 is 0. The molecule has 0 radical (unpaired) electrons. The molecule has 0 saturated heterocycles. The van der Waals surface area contributed by atoms with Crippen molar-refractivity contribution < 1.29 is 14.7 Å². The number of anilines is 2. The maximum absolute atomic E-state index is 12.0. The van der Waals surface area contributed by atoms with Crippen molar-refractivity contribution in [2.24, 2.45) is 0 Å². The molecule has 7 nitrogen and oxygen atoms in total. The monoisotopic (exact) mass is 428 g/mol. The lowest BCUT2D eigenvalue weighted by Crippen LogP contribution is -2.29. The molecular weight excluding hydrogens is 408 g/mol. The van der Waals surface area contributed by atoms with Crippen LogP contribution in [0.3, 0.4) is 0 Å². The average Bonchev–Trinajstić information content (AvgIpc) is 3.11. The maximum Gasteiger partial charge on any atom is 0.322 e. The van der Waals surface area contributed by atoms with Crippen molar-refractivity contribution in [3.8, 4) is 0 Å². The maximum atomic E-state index is 12.0. The van der Waals surface area contributed by atoms with E-state index in [1.807, 2.05) is 6.26 Å². The zero-order chi connectivity index (χ0) is 20.4. The molecule has 2 heterocycles. The lowest BCUT2D eigenvalue weighted by atomic mass is 9.97. The summed E-state index contributed by atoms with van der Waals surface area (Å²) in [6, 6.07) is 6.91. The van der Waals surface area contributed by atoms with Crippen molar-refractivity contribution in [1.82, 2.24) is 15.3 Å². The molecule has 0 bridgehead atoms. The summed E-state index contributed by atoms with van der Waals surface area (Å²) in [5.74, 6) is -0.699. The molecule has 0 atom stereocenters. The number of amides is 1. The van der Waals surface area contributed by atoms with Gasteiger partial charge in [-0.3, -0.25) is 9.59 Å². The van der Waals surface area contributed by atoms with Crippen molar-refractivity contribution in [2.75, 3.05) is 18.1 Å². The number of nitrogens with one attached hydrogen (secondary N) is 2. The van der Waals surface area contributed by atoms with Crippen LogP contribution >= 0.6 is 23.1 Å². The van der Waals surface area contributed by atoms with E-state index in [0.29, 0.717) is 5.56 Å².